The first kappa shape index (κ1) is 15.2. The van der Waals surface area contributed by atoms with E-state index in [1.165, 1.54) is 0 Å². The van der Waals surface area contributed by atoms with Crippen molar-refractivity contribution in [2.75, 3.05) is 5.73 Å². The van der Waals surface area contributed by atoms with E-state index < -0.39 is 5.91 Å². The van der Waals surface area contributed by atoms with Crippen molar-refractivity contribution >= 4 is 34.8 Å². The molecule has 0 radical (unpaired) electrons. The summed E-state index contributed by atoms with van der Waals surface area (Å²) in [4.78, 5) is 23.7. The predicted molar refractivity (Wildman–Crippen MR) is 84.2 cm³/mol. The van der Waals surface area contributed by atoms with E-state index in [0.717, 1.165) is 25.7 Å². The summed E-state index contributed by atoms with van der Waals surface area (Å²) >= 11 is 4.98. The molecule has 2 amide bonds. The Morgan fingerprint density at radius 1 is 1.14 bits per heavy atom. The highest BCUT2D eigenvalue weighted by Gasteiger charge is 2.23. The van der Waals surface area contributed by atoms with Crippen LogP contribution < -0.4 is 21.9 Å². The van der Waals surface area contributed by atoms with Crippen LogP contribution in [0.5, 0.6) is 0 Å². The Morgan fingerprint density at radius 2 is 1.81 bits per heavy atom. The van der Waals surface area contributed by atoms with E-state index in [1.54, 1.807) is 24.3 Å². The molecule has 0 spiro atoms. The lowest BCUT2D eigenvalue weighted by Gasteiger charge is -2.13. The first-order valence-corrected chi connectivity index (χ1v) is 7.24. The average Bonchev–Trinajstić information content (AvgIpc) is 2.99. The Labute approximate surface area is 128 Å². The number of carbonyl (C=O) groups is 2. The molecule has 1 aliphatic carbocycles. The summed E-state index contributed by atoms with van der Waals surface area (Å²) in [7, 11) is 0. The van der Waals surface area contributed by atoms with Crippen molar-refractivity contribution in [1.82, 2.24) is 16.2 Å². The molecule has 1 saturated carbocycles. The monoisotopic (exact) mass is 306 g/mol. The number of hydrazine groups is 1. The number of hydrogen-bond acceptors (Lipinski definition) is 4. The van der Waals surface area contributed by atoms with Gasteiger partial charge in [0, 0.05) is 11.6 Å². The number of benzene rings is 1. The maximum atomic E-state index is 11.9. The summed E-state index contributed by atoms with van der Waals surface area (Å²) in [5.74, 6) is -0.491. The number of carbonyl (C=O) groups excluding carboxylic acids is 2. The lowest BCUT2D eigenvalue weighted by Crippen LogP contribution is -2.49. The van der Waals surface area contributed by atoms with Gasteiger partial charge in [-0.15, -0.1) is 0 Å². The van der Waals surface area contributed by atoms with Gasteiger partial charge in [-0.3, -0.25) is 20.4 Å². The molecule has 112 valence electrons. The van der Waals surface area contributed by atoms with Crippen molar-refractivity contribution in [3.05, 3.63) is 29.8 Å². The molecule has 7 heteroatoms. The molecule has 1 fully saturated rings. The lowest BCUT2D eigenvalue weighted by atomic mass is 10.1. The number of amides is 2. The number of rotatable bonds is 2. The van der Waals surface area contributed by atoms with Crippen LogP contribution in [0.2, 0.25) is 0 Å². The molecule has 1 aromatic rings. The Bertz CT molecular complexity index is 556. The molecule has 1 aromatic carbocycles. The molecule has 2 rings (SSSR count). The zero-order chi connectivity index (χ0) is 15.2. The van der Waals surface area contributed by atoms with Gasteiger partial charge >= 0.3 is 0 Å². The SMILES string of the molecule is Nc1ccccc1C(=O)NNC(=S)NC(=O)C1CCCC1. The molecule has 0 aromatic heterocycles. The van der Waals surface area contributed by atoms with Crippen LogP contribution >= 0.6 is 12.2 Å². The number of thiocarbonyl (C=S) groups is 1. The average molecular weight is 306 g/mol. The highest BCUT2D eigenvalue weighted by atomic mass is 32.1. The van der Waals surface area contributed by atoms with Crippen LogP contribution in [-0.4, -0.2) is 16.9 Å². The fourth-order valence-corrected chi connectivity index (χ4v) is 2.47. The number of nitrogens with one attached hydrogen (secondary N) is 3. The predicted octanol–water partition coefficient (Wildman–Crippen LogP) is 1.09. The van der Waals surface area contributed by atoms with Crippen molar-refractivity contribution in [3.8, 4) is 0 Å². The topological polar surface area (TPSA) is 96.2 Å². The maximum absolute atomic E-state index is 11.9. The Morgan fingerprint density at radius 3 is 2.48 bits per heavy atom. The second-order valence-electron chi connectivity index (χ2n) is 4.97. The van der Waals surface area contributed by atoms with Gasteiger partial charge in [0.05, 0.1) is 5.56 Å². The number of para-hydroxylation sites is 1. The molecule has 0 saturated heterocycles. The Kier molecular flexibility index (Phi) is 5.10. The molecular weight excluding hydrogens is 288 g/mol. The highest BCUT2D eigenvalue weighted by molar-refractivity contribution is 7.80. The summed E-state index contributed by atoms with van der Waals surface area (Å²) in [6, 6.07) is 6.69. The van der Waals surface area contributed by atoms with Gasteiger partial charge in [0.1, 0.15) is 0 Å². The normalized spacial score (nSPS) is 14.5. The van der Waals surface area contributed by atoms with Gasteiger partial charge in [-0.25, -0.2) is 0 Å². The van der Waals surface area contributed by atoms with E-state index >= 15 is 0 Å². The van der Waals surface area contributed by atoms with Crippen molar-refractivity contribution in [3.63, 3.8) is 0 Å². The van der Waals surface area contributed by atoms with Crippen LogP contribution in [0.1, 0.15) is 36.0 Å². The van der Waals surface area contributed by atoms with Crippen molar-refractivity contribution in [1.29, 1.82) is 0 Å². The molecule has 0 heterocycles. The minimum absolute atomic E-state index is 0.0187. The maximum Gasteiger partial charge on any atom is 0.271 e. The number of nitrogen functional groups attached to an aromatic ring is 1. The van der Waals surface area contributed by atoms with Crippen LogP contribution in [0.25, 0.3) is 0 Å². The molecule has 0 bridgehead atoms. The smallest absolute Gasteiger partial charge is 0.271 e. The van der Waals surface area contributed by atoms with Crippen molar-refractivity contribution in [2.24, 2.45) is 5.92 Å². The first-order chi connectivity index (χ1) is 10.1. The summed E-state index contributed by atoms with van der Waals surface area (Å²) in [6.07, 6.45) is 3.92. The molecule has 0 aliphatic heterocycles. The van der Waals surface area contributed by atoms with Crippen molar-refractivity contribution in [2.45, 2.75) is 25.7 Å². The largest absolute Gasteiger partial charge is 0.398 e. The summed E-state index contributed by atoms with van der Waals surface area (Å²) in [5.41, 5.74) is 11.3. The molecule has 5 N–H and O–H groups in total. The van der Waals surface area contributed by atoms with Crippen LogP contribution in [0.15, 0.2) is 24.3 Å². The van der Waals surface area contributed by atoms with E-state index in [2.05, 4.69) is 16.2 Å². The van der Waals surface area contributed by atoms with Crippen LogP contribution in [0.4, 0.5) is 5.69 Å². The third-order valence-electron chi connectivity index (χ3n) is 3.46. The van der Waals surface area contributed by atoms with Crippen LogP contribution in [-0.2, 0) is 4.79 Å². The van der Waals surface area contributed by atoms with Gasteiger partial charge < -0.3 is 11.1 Å². The van der Waals surface area contributed by atoms with Gasteiger partial charge in [-0.2, -0.15) is 0 Å². The fourth-order valence-electron chi connectivity index (χ4n) is 2.32. The minimum Gasteiger partial charge on any atom is -0.398 e. The van der Waals surface area contributed by atoms with Gasteiger partial charge in [0.15, 0.2) is 5.11 Å². The molecular formula is C14H18N4O2S. The number of anilines is 1. The van der Waals surface area contributed by atoms with Crippen molar-refractivity contribution < 1.29 is 9.59 Å². The van der Waals surface area contributed by atoms with E-state index in [9.17, 15) is 9.59 Å². The van der Waals surface area contributed by atoms with Crippen LogP contribution in [0.3, 0.4) is 0 Å². The summed E-state index contributed by atoms with van der Waals surface area (Å²) in [6.45, 7) is 0. The third-order valence-corrected chi connectivity index (χ3v) is 3.66. The summed E-state index contributed by atoms with van der Waals surface area (Å²) in [5, 5.41) is 2.66. The van der Waals surface area contributed by atoms with Gasteiger partial charge in [-0.1, -0.05) is 25.0 Å². The summed E-state index contributed by atoms with van der Waals surface area (Å²) < 4.78 is 0. The zero-order valence-electron chi connectivity index (χ0n) is 11.5. The fraction of sp³-hybridized carbons (Fsp3) is 0.357. The first-order valence-electron chi connectivity index (χ1n) is 6.83. The van der Waals surface area contributed by atoms with Gasteiger partial charge in [0.25, 0.3) is 5.91 Å². The number of hydrogen-bond donors (Lipinski definition) is 4. The van der Waals surface area contributed by atoms with E-state index in [1.807, 2.05) is 0 Å². The molecule has 0 unspecified atom stereocenters. The Balaban J connectivity index is 1.80. The standard InChI is InChI=1S/C14H18N4O2S/c15-11-8-4-3-7-10(11)13(20)17-18-14(21)16-12(19)9-5-1-2-6-9/h3-4,7-9H,1-2,5-6,15H2,(H,17,20)(H2,16,18,19,21). The second kappa shape index (κ2) is 7.03. The quantitative estimate of drug-likeness (QED) is 0.373. The van der Waals surface area contributed by atoms with E-state index in [4.69, 9.17) is 18.0 Å². The number of nitrogens with two attached hydrogens (primary N) is 1. The van der Waals surface area contributed by atoms with E-state index in [-0.39, 0.29) is 16.9 Å². The third kappa shape index (κ3) is 4.16. The van der Waals surface area contributed by atoms with Gasteiger partial charge in [0.2, 0.25) is 5.91 Å². The lowest BCUT2D eigenvalue weighted by molar-refractivity contribution is -0.123. The zero-order valence-corrected chi connectivity index (χ0v) is 12.3. The molecule has 1 aliphatic rings. The molecule has 6 nitrogen and oxygen atoms in total. The minimum atomic E-state index is -0.412. The van der Waals surface area contributed by atoms with E-state index in [0.29, 0.717) is 11.3 Å². The van der Waals surface area contributed by atoms with Gasteiger partial charge in [-0.05, 0) is 37.2 Å². The molecule has 21 heavy (non-hydrogen) atoms. The second-order valence-corrected chi connectivity index (χ2v) is 5.37. The Hall–Kier alpha value is -2.15. The highest BCUT2D eigenvalue weighted by Crippen LogP contribution is 2.24. The molecule has 0 atom stereocenters. The van der Waals surface area contributed by atoms with Crippen LogP contribution in [0, 0.1) is 5.92 Å².